The van der Waals surface area contributed by atoms with E-state index >= 15 is 0 Å². The van der Waals surface area contributed by atoms with E-state index in [2.05, 4.69) is 17.1 Å². The van der Waals surface area contributed by atoms with Gasteiger partial charge in [-0.25, -0.2) is 9.59 Å². The molecule has 0 aliphatic carbocycles. The summed E-state index contributed by atoms with van der Waals surface area (Å²) in [6.45, 7) is 4.47. The smallest absolute Gasteiger partial charge is 0.475 e. The summed E-state index contributed by atoms with van der Waals surface area (Å²) in [5.74, 6) is -3.31. The molecule has 9 nitrogen and oxygen atoms in total. The van der Waals surface area contributed by atoms with Gasteiger partial charge in [0.05, 0.1) is 23.3 Å². The molecule has 1 aromatic rings. The van der Waals surface area contributed by atoms with Gasteiger partial charge in [-0.15, -0.1) is 0 Å². The van der Waals surface area contributed by atoms with Crippen LogP contribution in [0.25, 0.3) is 0 Å². The van der Waals surface area contributed by atoms with Gasteiger partial charge in [-0.3, -0.25) is 10.1 Å². The molecule has 0 bridgehead atoms. The largest absolute Gasteiger partial charge is 0.490 e. The zero-order chi connectivity index (χ0) is 21.5. The van der Waals surface area contributed by atoms with E-state index in [1.807, 2.05) is 0 Å². The SMILES string of the molecule is CC[C@@H]1CNCCN1c1ccc([N+](=O)[O-])cc1C(=O)OC.O=C(O)C(F)(F)F. The van der Waals surface area contributed by atoms with Gasteiger partial charge in [0.15, 0.2) is 0 Å². The number of non-ortho nitro benzene ring substituents is 1. The molecule has 2 rings (SSSR count). The van der Waals surface area contributed by atoms with Crippen molar-refractivity contribution in [2.75, 3.05) is 31.6 Å². The van der Waals surface area contributed by atoms with E-state index in [-0.39, 0.29) is 17.3 Å². The first-order chi connectivity index (χ1) is 13.0. The lowest BCUT2D eigenvalue weighted by molar-refractivity contribution is -0.384. The van der Waals surface area contributed by atoms with Crippen LogP contribution in [0.4, 0.5) is 24.5 Å². The number of ether oxygens (including phenoxy) is 1. The molecule has 12 heteroatoms. The fourth-order valence-corrected chi connectivity index (χ4v) is 2.60. The molecule has 0 radical (unpaired) electrons. The summed E-state index contributed by atoms with van der Waals surface area (Å²) in [4.78, 5) is 33.4. The van der Waals surface area contributed by atoms with Crippen LogP contribution in [0, 0.1) is 10.1 Å². The predicted molar refractivity (Wildman–Crippen MR) is 92.4 cm³/mol. The number of esters is 1. The van der Waals surface area contributed by atoms with Crippen molar-refractivity contribution in [3.8, 4) is 0 Å². The molecule has 0 spiro atoms. The number of aliphatic carboxylic acids is 1. The third-order valence-corrected chi connectivity index (χ3v) is 3.97. The molecule has 0 amide bonds. The Labute approximate surface area is 158 Å². The van der Waals surface area contributed by atoms with Crippen molar-refractivity contribution >= 4 is 23.3 Å². The summed E-state index contributed by atoms with van der Waals surface area (Å²) in [6.07, 6.45) is -4.16. The highest BCUT2D eigenvalue weighted by molar-refractivity contribution is 5.96. The van der Waals surface area contributed by atoms with Crippen LogP contribution in [-0.4, -0.2) is 60.9 Å². The van der Waals surface area contributed by atoms with E-state index in [1.165, 1.54) is 19.2 Å². The summed E-state index contributed by atoms with van der Waals surface area (Å²) in [6, 6.07) is 4.61. The third kappa shape index (κ3) is 6.08. The average Bonchev–Trinajstić information content (AvgIpc) is 2.66. The summed E-state index contributed by atoms with van der Waals surface area (Å²) >= 11 is 0. The Balaban J connectivity index is 0.000000480. The molecule has 1 atom stereocenters. The molecule has 1 saturated heterocycles. The van der Waals surface area contributed by atoms with Crippen LogP contribution in [0.15, 0.2) is 18.2 Å². The predicted octanol–water partition coefficient (Wildman–Crippen LogP) is 2.20. The van der Waals surface area contributed by atoms with Crippen LogP contribution in [0.1, 0.15) is 23.7 Å². The number of nitrogens with zero attached hydrogens (tertiary/aromatic N) is 2. The minimum atomic E-state index is -5.08. The molecule has 1 fully saturated rings. The van der Waals surface area contributed by atoms with Crippen LogP contribution >= 0.6 is 0 Å². The Morgan fingerprint density at radius 1 is 1.43 bits per heavy atom. The first-order valence-electron chi connectivity index (χ1n) is 8.17. The molecule has 0 unspecified atom stereocenters. The minimum absolute atomic E-state index is 0.109. The van der Waals surface area contributed by atoms with Crippen LogP contribution in [0.5, 0.6) is 0 Å². The highest BCUT2D eigenvalue weighted by atomic mass is 19.4. The second-order valence-corrected chi connectivity index (χ2v) is 5.71. The van der Waals surface area contributed by atoms with E-state index in [0.717, 1.165) is 26.1 Å². The number of nitrogens with one attached hydrogen (secondary N) is 1. The molecule has 28 heavy (non-hydrogen) atoms. The quantitative estimate of drug-likeness (QED) is 0.443. The second kappa shape index (κ2) is 9.88. The molecule has 0 aromatic heterocycles. The maximum atomic E-state index is 12.0. The monoisotopic (exact) mass is 407 g/mol. The number of hydrogen-bond acceptors (Lipinski definition) is 7. The number of carbonyl (C=O) groups excluding carboxylic acids is 1. The number of carboxylic acid groups (broad SMARTS) is 1. The molecule has 1 aromatic carbocycles. The lowest BCUT2D eigenvalue weighted by Gasteiger charge is -2.38. The van der Waals surface area contributed by atoms with Gasteiger partial charge in [-0.2, -0.15) is 13.2 Å². The highest BCUT2D eigenvalue weighted by Crippen LogP contribution is 2.29. The Kier molecular flexibility index (Phi) is 8.16. The topological polar surface area (TPSA) is 122 Å². The van der Waals surface area contributed by atoms with E-state index < -0.39 is 23.0 Å². The van der Waals surface area contributed by atoms with E-state index in [4.69, 9.17) is 14.6 Å². The summed E-state index contributed by atoms with van der Waals surface area (Å²) in [5, 5.41) is 21.3. The fourth-order valence-electron chi connectivity index (χ4n) is 2.60. The number of halogens is 3. The number of carboxylic acids is 1. The van der Waals surface area contributed by atoms with Crippen LogP contribution in [0.3, 0.4) is 0 Å². The number of hydrogen-bond donors (Lipinski definition) is 2. The third-order valence-electron chi connectivity index (χ3n) is 3.97. The van der Waals surface area contributed by atoms with Gasteiger partial charge in [0.25, 0.3) is 5.69 Å². The van der Waals surface area contributed by atoms with Gasteiger partial charge in [-0.1, -0.05) is 6.92 Å². The number of nitro benzene ring substituents is 1. The molecule has 156 valence electrons. The summed E-state index contributed by atoms with van der Waals surface area (Å²) in [5.41, 5.74) is 0.829. The van der Waals surface area contributed by atoms with E-state index in [9.17, 15) is 28.1 Å². The average molecular weight is 407 g/mol. The Bertz CT molecular complexity index is 726. The molecule has 1 aliphatic rings. The number of benzene rings is 1. The molecular formula is C16H20F3N3O6. The van der Waals surface area contributed by atoms with Crippen LogP contribution in [0.2, 0.25) is 0 Å². The molecule has 2 N–H and O–H groups in total. The standard InChI is InChI=1S/C14H19N3O4.C2HF3O2/c1-3-10-9-15-6-7-16(10)13-5-4-11(17(19)20)8-12(13)14(18)21-2;3-2(4,5)1(6)7/h4-5,8,10,15H,3,6-7,9H2,1-2H3;(H,6,7)/t10-;/m1./s1. The lowest BCUT2D eigenvalue weighted by atomic mass is 10.1. The summed E-state index contributed by atoms with van der Waals surface area (Å²) in [7, 11) is 1.28. The van der Waals surface area contributed by atoms with Crippen molar-refractivity contribution in [1.29, 1.82) is 0 Å². The van der Waals surface area contributed by atoms with Gasteiger partial charge in [0.2, 0.25) is 0 Å². The Morgan fingerprint density at radius 2 is 2.04 bits per heavy atom. The van der Waals surface area contributed by atoms with Gasteiger partial charge in [0, 0.05) is 37.8 Å². The van der Waals surface area contributed by atoms with Gasteiger partial charge in [0.1, 0.15) is 0 Å². The Morgan fingerprint density at radius 3 is 2.50 bits per heavy atom. The molecule has 1 heterocycles. The van der Waals surface area contributed by atoms with Crippen molar-refractivity contribution < 1.29 is 37.5 Å². The molecule has 1 aliphatic heterocycles. The first-order valence-corrected chi connectivity index (χ1v) is 8.17. The lowest BCUT2D eigenvalue weighted by Crippen LogP contribution is -2.51. The second-order valence-electron chi connectivity index (χ2n) is 5.71. The minimum Gasteiger partial charge on any atom is -0.475 e. The summed E-state index contributed by atoms with van der Waals surface area (Å²) < 4.78 is 36.5. The van der Waals surface area contributed by atoms with Crippen LogP contribution in [-0.2, 0) is 9.53 Å². The van der Waals surface area contributed by atoms with E-state index in [0.29, 0.717) is 5.69 Å². The molecular weight excluding hydrogens is 387 g/mol. The fraction of sp³-hybridized carbons (Fsp3) is 0.500. The van der Waals surface area contributed by atoms with Gasteiger partial charge < -0.3 is 20.1 Å². The first kappa shape index (κ1) is 23.1. The van der Waals surface area contributed by atoms with Crippen molar-refractivity contribution in [2.45, 2.75) is 25.6 Å². The number of rotatable bonds is 4. The van der Waals surface area contributed by atoms with Crippen molar-refractivity contribution in [1.82, 2.24) is 5.32 Å². The molecule has 0 saturated carbocycles. The van der Waals surface area contributed by atoms with Crippen LogP contribution < -0.4 is 10.2 Å². The zero-order valence-electron chi connectivity index (χ0n) is 15.2. The van der Waals surface area contributed by atoms with Crippen molar-refractivity contribution in [3.63, 3.8) is 0 Å². The van der Waals surface area contributed by atoms with Gasteiger partial charge in [-0.05, 0) is 12.5 Å². The number of carbonyl (C=O) groups is 2. The number of methoxy groups -OCH3 is 1. The Hall–Kier alpha value is -2.89. The zero-order valence-corrected chi connectivity index (χ0v) is 15.2. The van der Waals surface area contributed by atoms with E-state index in [1.54, 1.807) is 6.07 Å². The highest BCUT2D eigenvalue weighted by Gasteiger charge is 2.38. The van der Waals surface area contributed by atoms with Gasteiger partial charge >= 0.3 is 18.1 Å². The van der Waals surface area contributed by atoms with Crippen molar-refractivity contribution in [3.05, 3.63) is 33.9 Å². The maximum Gasteiger partial charge on any atom is 0.490 e. The number of nitro groups is 1. The number of piperazine rings is 1. The maximum absolute atomic E-state index is 12.0. The van der Waals surface area contributed by atoms with Crippen molar-refractivity contribution in [2.24, 2.45) is 0 Å². The normalized spacial score (nSPS) is 16.6. The number of anilines is 1. The number of alkyl halides is 3.